The lowest BCUT2D eigenvalue weighted by molar-refractivity contribution is 0.103. The minimum atomic E-state index is 0.0208. The molecule has 0 aromatic heterocycles. The van der Waals surface area contributed by atoms with Crippen LogP contribution in [0.1, 0.15) is 63.6 Å². The van der Waals surface area contributed by atoms with E-state index >= 15 is 0 Å². The number of rotatable bonds is 6. The smallest absolute Gasteiger partial charge is 0.193 e. The first kappa shape index (κ1) is 17.6. The Balaban J connectivity index is 2.31. The molecule has 2 rings (SSSR count). The first-order chi connectivity index (χ1) is 11.0. The van der Waals surface area contributed by atoms with E-state index in [9.17, 15) is 9.36 Å². The molecule has 0 saturated carbocycles. The van der Waals surface area contributed by atoms with Crippen LogP contribution in [-0.2, 0) is 4.57 Å². The molecule has 120 valence electrons. The molecular formula is C20H23O2P. The van der Waals surface area contributed by atoms with E-state index in [0.717, 1.165) is 29.5 Å². The quantitative estimate of drug-likeness (QED) is 0.483. The lowest BCUT2D eigenvalue weighted by atomic mass is 9.93. The Hall–Kier alpha value is -1.79. The van der Waals surface area contributed by atoms with Crippen LogP contribution in [0.2, 0.25) is 0 Å². The monoisotopic (exact) mass is 326 g/mol. The number of ketones is 1. The number of carbonyl (C=O) groups excluding carboxylic acids is 1. The fraction of sp³-hybridized carbons (Fsp3) is 0.350. The maximum absolute atomic E-state index is 12.7. The molecule has 0 heterocycles. The van der Waals surface area contributed by atoms with Crippen LogP contribution in [0, 0.1) is 20.8 Å². The normalized spacial score (nSPS) is 12.3. The SMILES string of the molecule is CCCC(P=O)c1ccc(C(=O)c2ccc(C)c(C)c2C)cc1. The molecule has 0 bridgehead atoms. The first-order valence-electron chi connectivity index (χ1n) is 8.03. The van der Waals surface area contributed by atoms with Gasteiger partial charge in [-0.15, -0.1) is 0 Å². The minimum Gasteiger partial charge on any atom is -0.289 e. The summed E-state index contributed by atoms with van der Waals surface area (Å²) < 4.78 is 11.3. The van der Waals surface area contributed by atoms with E-state index in [1.807, 2.05) is 50.2 Å². The molecule has 0 aliphatic rings. The summed E-state index contributed by atoms with van der Waals surface area (Å²) in [6.45, 7) is 8.19. The van der Waals surface area contributed by atoms with E-state index < -0.39 is 0 Å². The molecule has 2 aromatic carbocycles. The Kier molecular flexibility index (Phi) is 5.85. The van der Waals surface area contributed by atoms with Crippen molar-refractivity contribution in [3.05, 3.63) is 69.8 Å². The van der Waals surface area contributed by atoms with Crippen molar-refractivity contribution in [3.8, 4) is 0 Å². The maximum atomic E-state index is 12.7. The van der Waals surface area contributed by atoms with Crippen LogP contribution in [0.5, 0.6) is 0 Å². The van der Waals surface area contributed by atoms with Crippen molar-refractivity contribution in [3.63, 3.8) is 0 Å². The number of aryl methyl sites for hydroxylation is 1. The lowest BCUT2D eigenvalue weighted by Gasteiger charge is -2.12. The van der Waals surface area contributed by atoms with Crippen LogP contribution in [0.3, 0.4) is 0 Å². The molecule has 0 aliphatic carbocycles. The third kappa shape index (κ3) is 3.76. The summed E-state index contributed by atoms with van der Waals surface area (Å²) in [4.78, 5) is 12.7. The third-order valence-electron chi connectivity index (χ3n) is 4.55. The largest absolute Gasteiger partial charge is 0.289 e. The van der Waals surface area contributed by atoms with Gasteiger partial charge in [-0.25, -0.2) is 0 Å². The van der Waals surface area contributed by atoms with Crippen LogP contribution in [0.15, 0.2) is 36.4 Å². The van der Waals surface area contributed by atoms with Crippen LogP contribution in [0.25, 0.3) is 0 Å². The fourth-order valence-electron chi connectivity index (χ4n) is 2.77. The van der Waals surface area contributed by atoms with Gasteiger partial charge in [0.2, 0.25) is 0 Å². The summed E-state index contributed by atoms with van der Waals surface area (Å²) in [5, 5.41) is 0. The van der Waals surface area contributed by atoms with Crippen molar-refractivity contribution in [2.24, 2.45) is 0 Å². The molecular weight excluding hydrogens is 303 g/mol. The molecule has 1 atom stereocenters. The van der Waals surface area contributed by atoms with E-state index in [4.69, 9.17) is 0 Å². The van der Waals surface area contributed by atoms with E-state index in [1.165, 1.54) is 11.1 Å². The van der Waals surface area contributed by atoms with Crippen molar-refractivity contribution in [2.45, 2.75) is 46.2 Å². The van der Waals surface area contributed by atoms with Gasteiger partial charge in [-0.05, 0) is 49.4 Å². The summed E-state index contributed by atoms with van der Waals surface area (Å²) in [5.41, 5.74) is 5.89. The third-order valence-corrected chi connectivity index (χ3v) is 5.36. The van der Waals surface area contributed by atoms with Crippen LogP contribution >= 0.6 is 8.46 Å². The predicted molar refractivity (Wildman–Crippen MR) is 95.8 cm³/mol. The molecule has 0 amide bonds. The molecule has 0 saturated heterocycles. The standard InChI is InChI=1S/C20H23O2P/c1-5-6-19(23-22)16-8-10-17(11-9-16)20(21)18-12-7-13(2)14(3)15(18)4/h7-12,19H,5-6H2,1-4H3. The van der Waals surface area contributed by atoms with E-state index in [1.54, 1.807) is 0 Å². The number of benzene rings is 2. The highest BCUT2D eigenvalue weighted by Gasteiger charge is 2.15. The summed E-state index contributed by atoms with van der Waals surface area (Å²) in [6.07, 6.45) is 1.87. The molecule has 2 nitrogen and oxygen atoms in total. The van der Waals surface area contributed by atoms with Crippen molar-refractivity contribution < 1.29 is 9.36 Å². The Morgan fingerprint density at radius 2 is 1.65 bits per heavy atom. The second-order valence-electron chi connectivity index (χ2n) is 6.04. The summed E-state index contributed by atoms with van der Waals surface area (Å²) in [6, 6.07) is 11.4. The zero-order chi connectivity index (χ0) is 17.0. The second kappa shape index (κ2) is 7.66. The summed E-state index contributed by atoms with van der Waals surface area (Å²) in [7, 11) is 0.143. The Bertz CT molecular complexity index is 717. The highest BCUT2D eigenvalue weighted by molar-refractivity contribution is 7.24. The topological polar surface area (TPSA) is 34.1 Å². The lowest BCUT2D eigenvalue weighted by Crippen LogP contribution is -2.06. The van der Waals surface area contributed by atoms with Crippen molar-refractivity contribution in [1.82, 2.24) is 0 Å². The van der Waals surface area contributed by atoms with Crippen LogP contribution in [-0.4, -0.2) is 5.78 Å². The zero-order valence-corrected chi connectivity index (χ0v) is 15.1. The molecule has 0 aliphatic heterocycles. The maximum Gasteiger partial charge on any atom is 0.193 e. The molecule has 0 N–H and O–H groups in total. The highest BCUT2D eigenvalue weighted by atomic mass is 31.1. The van der Waals surface area contributed by atoms with Gasteiger partial charge < -0.3 is 0 Å². The van der Waals surface area contributed by atoms with E-state index in [2.05, 4.69) is 13.8 Å². The van der Waals surface area contributed by atoms with Gasteiger partial charge in [0.25, 0.3) is 0 Å². The van der Waals surface area contributed by atoms with Gasteiger partial charge in [0.15, 0.2) is 14.2 Å². The zero-order valence-electron chi connectivity index (χ0n) is 14.2. The van der Waals surface area contributed by atoms with Gasteiger partial charge in [0.05, 0.1) is 5.66 Å². The van der Waals surface area contributed by atoms with Crippen molar-refractivity contribution >= 4 is 14.2 Å². The average molecular weight is 326 g/mol. The number of hydrogen-bond donors (Lipinski definition) is 0. The van der Waals surface area contributed by atoms with Gasteiger partial charge in [-0.3, -0.25) is 9.36 Å². The van der Waals surface area contributed by atoms with Crippen molar-refractivity contribution in [1.29, 1.82) is 0 Å². The first-order valence-corrected chi connectivity index (χ1v) is 8.91. The molecule has 3 heteroatoms. The molecule has 23 heavy (non-hydrogen) atoms. The van der Waals surface area contributed by atoms with E-state index in [-0.39, 0.29) is 19.9 Å². The summed E-state index contributed by atoms with van der Waals surface area (Å²) in [5.74, 6) is 0.0452. The van der Waals surface area contributed by atoms with Gasteiger partial charge in [0.1, 0.15) is 0 Å². The van der Waals surface area contributed by atoms with Gasteiger partial charge >= 0.3 is 0 Å². The second-order valence-corrected chi connectivity index (χ2v) is 6.88. The van der Waals surface area contributed by atoms with E-state index in [0.29, 0.717) is 5.56 Å². The van der Waals surface area contributed by atoms with Gasteiger partial charge in [-0.1, -0.05) is 49.7 Å². The Labute approximate surface area is 140 Å². The predicted octanol–water partition coefficient (Wildman–Crippen LogP) is 5.98. The van der Waals surface area contributed by atoms with Crippen LogP contribution in [0.4, 0.5) is 0 Å². The molecule has 0 radical (unpaired) electrons. The number of hydrogen-bond acceptors (Lipinski definition) is 2. The Morgan fingerprint density at radius 3 is 2.22 bits per heavy atom. The highest BCUT2D eigenvalue weighted by Crippen LogP contribution is 2.32. The van der Waals surface area contributed by atoms with Crippen LogP contribution < -0.4 is 0 Å². The fourth-order valence-corrected chi connectivity index (χ4v) is 3.43. The van der Waals surface area contributed by atoms with Gasteiger partial charge in [0, 0.05) is 11.1 Å². The number of carbonyl (C=O) groups is 1. The summed E-state index contributed by atoms with van der Waals surface area (Å²) >= 11 is 0. The molecule has 0 spiro atoms. The van der Waals surface area contributed by atoms with Crippen molar-refractivity contribution in [2.75, 3.05) is 0 Å². The molecule has 0 fully saturated rings. The Morgan fingerprint density at radius 1 is 1.00 bits per heavy atom. The average Bonchev–Trinajstić information content (AvgIpc) is 2.57. The molecule has 2 aromatic rings. The molecule has 1 unspecified atom stereocenters. The van der Waals surface area contributed by atoms with Gasteiger partial charge in [-0.2, -0.15) is 0 Å². The minimum absolute atomic E-state index is 0.0208.